The lowest BCUT2D eigenvalue weighted by atomic mass is 10.2. The Morgan fingerprint density at radius 2 is 2.27 bits per heavy atom. The number of nitrogens with one attached hydrogen (secondary N) is 1. The van der Waals surface area contributed by atoms with Crippen LogP contribution in [0.2, 0.25) is 0 Å². The predicted octanol–water partition coefficient (Wildman–Crippen LogP) is 1.08. The topological polar surface area (TPSA) is 15.3 Å². The van der Waals surface area contributed by atoms with Crippen molar-refractivity contribution < 1.29 is 0 Å². The van der Waals surface area contributed by atoms with Gasteiger partial charge in [0.15, 0.2) is 0 Å². The molecule has 2 heteroatoms. The molecule has 0 spiro atoms. The van der Waals surface area contributed by atoms with Gasteiger partial charge < -0.3 is 5.32 Å². The third kappa shape index (κ3) is 2.17. The SMILES string of the molecule is CNC[C@H]1CCCN1C(C)C. The third-order valence-corrected chi connectivity index (χ3v) is 2.53. The van der Waals surface area contributed by atoms with Crippen molar-refractivity contribution in [3.05, 3.63) is 0 Å². The molecule has 1 atom stereocenters. The highest BCUT2D eigenvalue weighted by atomic mass is 15.2. The van der Waals surface area contributed by atoms with Crippen molar-refractivity contribution in [3.8, 4) is 0 Å². The predicted molar refractivity (Wildman–Crippen MR) is 48.8 cm³/mol. The van der Waals surface area contributed by atoms with Gasteiger partial charge in [-0.05, 0) is 40.3 Å². The lowest BCUT2D eigenvalue weighted by Crippen LogP contribution is -2.40. The molecule has 11 heavy (non-hydrogen) atoms. The standard InChI is InChI=1S/C9H20N2/c1-8(2)11-6-4-5-9(11)7-10-3/h8-10H,4-7H2,1-3H3/t9-/m1/s1. The minimum atomic E-state index is 0.718. The monoisotopic (exact) mass is 156 g/mol. The molecule has 2 nitrogen and oxygen atoms in total. The van der Waals surface area contributed by atoms with Crippen molar-refractivity contribution in [2.24, 2.45) is 0 Å². The van der Waals surface area contributed by atoms with Gasteiger partial charge in [0.05, 0.1) is 0 Å². The van der Waals surface area contributed by atoms with E-state index >= 15 is 0 Å². The molecule has 66 valence electrons. The summed E-state index contributed by atoms with van der Waals surface area (Å²) in [4.78, 5) is 2.59. The zero-order chi connectivity index (χ0) is 8.27. The van der Waals surface area contributed by atoms with Gasteiger partial charge in [-0.25, -0.2) is 0 Å². The van der Waals surface area contributed by atoms with Gasteiger partial charge in [-0.1, -0.05) is 0 Å². The maximum absolute atomic E-state index is 3.25. The Hall–Kier alpha value is -0.0800. The maximum atomic E-state index is 3.25. The highest BCUT2D eigenvalue weighted by Gasteiger charge is 2.25. The fraction of sp³-hybridized carbons (Fsp3) is 1.00. The number of rotatable bonds is 3. The van der Waals surface area contributed by atoms with Crippen LogP contribution in [0.5, 0.6) is 0 Å². The second kappa shape index (κ2) is 4.07. The molecule has 0 unspecified atom stereocenters. The van der Waals surface area contributed by atoms with Crippen molar-refractivity contribution in [3.63, 3.8) is 0 Å². The van der Waals surface area contributed by atoms with Crippen LogP contribution in [-0.2, 0) is 0 Å². The smallest absolute Gasteiger partial charge is 0.0223 e. The average Bonchev–Trinajstić information content (AvgIpc) is 2.36. The minimum Gasteiger partial charge on any atom is -0.318 e. The third-order valence-electron chi connectivity index (χ3n) is 2.53. The van der Waals surface area contributed by atoms with Crippen LogP contribution >= 0.6 is 0 Å². The van der Waals surface area contributed by atoms with Gasteiger partial charge in [-0.3, -0.25) is 4.90 Å². The normalized spacial score (nSPS) is 26.7. The maximum Gasteiger partial charge on any atom is 0.0223 e. The quantitative estimate of drug-likeness (QED) is 0.658. The summed E-state index contributed by atoms with van der Waals surface area (Å²) < 4.78 is 0. The highest BCUT2D eigenvalue weighted by Crippen LogP contribution is 2.18. The first kappa shape index (κ1) is 9.01. The zero-order valence-electron chi connectivity index (χ0n) is 7.93. The fourth-order valence-corrected chi connectivity index (χ4v) is 1.99. The molecule has 1 rings (SSSR count). The van der Waals surface area contributed by atoms with Gasteiger partial charge in [0, 0.05) is 18.6 Å². The van der Waals surface area contributed by atoms with Crippen LogP contribution in [0.4, 0.5) is 0 Å². The van der Waals surface area contributed by atoms with Crippen molar-refractivity contribution in [1.29, 1.82) is 0 Å². The van der Waals surface area contributed by atoms with Gasteiger partial charge in [-0.15, -0.1) is 0 Å². The van der Waals surface area contributed by atoms with Crippen LogP contribution in [0.25, 0.3) is 0 Å². The van der Waals surface area contributed by atoms with E-state index in [1.807, 2.05) is 7.05 Å². The van der Waals surface area contributed by atoms with Crippen molar-refractivity contribution in [2.45, 2.75) is 38.8 Å². The largest absolute Gasteiger partial charge is 0.318 e. The average molecular weight is 156 g/mol. The summed E-state index contributed by atoms with van der Waals surface area (Å²) in [5.41, 5.74) is 0. The van der Waals surface area contributed by atoms with Crippen LogP contribution in [0, 0.1) is 0 Å². The molecule has 1 aliphatic heterocycles. The van der Waals surface area contributed by atoms with E-state index in [1.54, 1.807) is 0 Å². The highest BCUT2D eigenvalue weighted by molar-refractivity contribution is 4.82. The van der Waals surface area contributed by atoms with Crippen molar-refractivity contribution in [2.75, 3.05) is 20.1 Å². The Balaban J connectivity index is 2.37. The number of nitrogens with zero attached hydrogens (tertiary/aromatic N) is 1. The van der Waals surface area contributed by atoms with E-state index in [4.69, 9.17) is 0 Å². The number of likely N-dealkylation sites (tertiary alicyclic amines) is 1. The van der Waals surface area contributed by atoms with E-state index in [0.717, 1.165) is 18.6 Å². The molecule has 0 radical (unpaired) electrons. The zero-order valence-corrected chi connectivity index (χ0v) is 7.93. The molecule has 0 saturated carbocycles. The van der Waals surface area contributed by atoms with Gasteiger partial charge in [0.25, 0.3) is 0 Å². The summed E-state index contributed by atoms with van der Waals surface area (Å²) in [7, 11) is 2.04. The molecular formula is C9H20N2. The van der Waals surface area contributed by atoms with Crippen LogP contribution in [-0.4, -0.2) is 37.1 Å². The molecule has 1 aliphatic rings. The van der Waals surface area contributed by atoms with Crippen LogP contribution in [0.1, 0.15) is 26.7 Å². The number of hydrogen-bond acceptors (Lipinski definition) is 2. The first-order valence-electron chi connectivity index (χ1n) is 4.66. The van der Waals surface area contributed by atoms with Crippen molar-refractivity contribution >= 4 is 0 Å². The summed E-state index contributed by atoms with van der Waals surface area (Å²) >= 11 is 0. The van der Waals surface area contributed by atoms with Gasteiger partial charge in [0.1, 0.15) is 0 Å². The number of hydrogen-bond donors (Lipinski definition) is 1. The Kier molecular flexibility index (Phi) is 3.34. The van der Waals surface area contributed by atoms with Crippen LogP contribution in [0.3, 0.4) is 0 Å². The molecule has 0 bridgehead atoms. The molecular weight excluding hydrogens is 136 g/mol. The first-order chi connectivity index (χ1) is 5.25. The van der Waals surface area contributed by atoms with Crippen LogP contribution in [0.15, 0.2) is 0 Å². The second-order valence-electron chi connectivity index (χ2n) is 3.69. The summed E-state index contributed by atoms with van der Waals surface area (Å²) in [5, 5.41) is 3.25. The lowest BCUT2D eigenvalue weighted by molar-refractivity contribution is 0.202. The minimum absolute atomic E-state index is 0.718. The molecule has 1 heterocycles. The van der Waals surface area contributed by atoms with E-state index in [9.17, 15) is 0 Å². The van der Waals surface area contributed by atoms with Gasteiger partial charge >= 0.3 is 0 Å². The molecule has 0 aliphatic carbocycles. The van der Waals surface area contributed by atoms with E-state index < -0.39 is 0 Å². The van der Waals surface area contributed by atoms with Gasteiger partial charge in [-0.2, -0.15) is 0 Å². The van der Waals surface area contributed by atoms with Gasteiger partial charge in [0.2, 0.25) is 0 Å². The van der Waals surface area contributed by atoms with E-state index in [2.05, 4.69) is 24.1 Å². The summed E-state index contributed by atoms with van der Waals surface area (Å²) in [5.74, 6) is 0. The Bertz CT molecular complexity index is 112. The Labute approximate surface area is 70.0 Å². The summed E-state index contributed by atoms with van der Waals surface area (Å²) in [6, 6.07) is 1.51. The Morgan fingerprint density at radius 1 is 1.55 bits per heavy atom. The molecule has 0 aromatic rings. The first-order valence-corrected chi connectivity index (χ1v) is 4.66. The number of likely N-dealkylation sites (N-methyl/N-ethyl adjacent to an activating group) is 1. The molecule has 0 amide bonds. The van der Waals surface area contributed by atoms with Crippen molar-refractivity contribution in [1.82, 2.24) is 10.2 Å². The Morgan fingerprint density at radius 3 is 2.82 bits per heavy atom. The summed E-state index contributed by atoms with van der Waals surface area (Å²) in [6.45, 7) is 7.02. The fourth-order valence-electron chi connectivity index (χ4n) is 1.99. The van der Waals surface area contributed by atoms with E-state index in [-0.39, 0.29) is 0 Å². The molecule has 1 saturated heterocycles. The molecule has 0 aromatic carbocycles. The molecule has 1 N–H and O–H groups in total. The van der Waals surface area contributed by atoms with E-state index in [1.165, 1.54) is 19.4 Å². The molecule has 1 fully saturated rings. The van der Waals surface area contributed by atoms with E-state index in [0.29, 0.717) is 0 Å². The second-order valence-corrected chi connectivity index (χ2v) is 3.69. The molecule has 0 aromatic heterocycles. The van der Waals surface area contributed by atoms with Crippen LogP contribution < -0.4 is 5.32 Å². The summed E-state index contributed by atoms with van der Waals surface area (Å²) in [6.07, 6.45) is 2.75. The lowest BCUT2D eigenvalue weighted by Gasteiger charge is -2.27.